The summed E-state index contributed by atoms with van der Waals surface area (Å²) in [4.78, 5) is 9.43. The van der Waals surface area contributed by atoms with Gasteiger partial charge in [-0.25, -0.2) is 4.98 Å². The van der Waals surface area contributed by atoms with Crippen LogP contribution in [0.1, 0.15) is 44.2 Å². The molecule has 2 aromatic rings. The second-order valence-electron chi connectivity index (χ2n) is 7.59. The van der Waals surface area contributed by atoms with Crippen molar-refractivity contribution in [3.8, 4) is 16.3 Å². The van der Waals surface area contributed by atoms with Gasteiger partial charge in [-0.2, -0.15) is 0 Å². The van der Waals surface area contributed by atoms with Crippen molar-refractivity contribution in [3.63, 3.8) is 0 Å². The number of hydrogen-bond acceptors (Lipinski definition) is 5. The molecule has 0 saturated heterocycles. The normalized spacial score (nSPS) is 19.8. The Morgan fingerprint density at radius 3 is 2.77 bits per heavy atom. The molecule has 4 nitrogen and oxygen atoms in total. The molecule has 0 N–H and O–H groups in total. The van der Waals surface area contributed by atoms with Crippen LogP contribution in [-0.4, -0.2) is 37.6 Å². The van der Waals surface area contributed by atoms with Crippen LogP contribution in [0.4, 0.5) is 0 Å². The Morgan fingerprint density at radius 1 is 1.27 bits per heavy atom. The summed E-state index contributed by atoms with van der Waals surface area (Å²) in [5, 5.41) is 3.01. The number of aromatic nitrogens is 1. The zero-order valence-electron chi connectivity index (χ0n) is 15.7. The number of methoxy groups -OCH3 is 1. The standard InChI is InChI=1S/C21H26N2O2S/c1-14(2)19-21(5-6-21)17-12-18(25-9-4-8-24-3)16(11-15(17)13-23-19)20-22-7-10-26-20/h7,10-14,19H,4-6,8-9H2,1-3H3. The monoisotopic (exact) mass is 370 g/mol. The Hall–Kier alpha value is -1.72. The first-order valence-corrected chi connectivity index (χ1v) is 10.3. The third kappa shape index (κ3) is 3.08. The maximum atomic E-state index is 6.19. The molecule has 4 rings (SSSR count). The molecule has 5 heteroatoms. The molecule has 2 heterocycles. The van der Waals surface area contributed by atoms with Gasteiger partial charge in [0.15, 0.2) is 0 Å². The SMILES string of the molecule is COCCCOc1cc2c(cc1-c1nccs1)C=NC(C(C)C)C21CC1. The summed E-state index contributed by atoms with van der Waals surface area (Å²) < 4.78 is 11.3. The van der Waals surface area contributed by atoms with E-state index in [0.717, 1.165) is 22.7 Å². The molecule has 1 fully saturated rings. The fourth-order valence-electron chi connectivity index (χ4n) is 4.14. The minimum Gasteiger partial charge on any atom is -0.493 e. The Labute approximate surface area is 159 Å². The second kappa shape index (κ2) is 7.12. The molecular weight excluding hydrogens is 344 g/mol. The fourth-order valence-corrected chi connectivity index (χ4v) is 4.79. The van der Waals surface area contributed by atoms with Crippen LogP contribution in [0.3, 0.4) is 0 Å². The largest absolute Gasteiger partial charge is 0.493 e. The van der Waals surface area contributed by atoms with Gasteiger partial charge in [0.05, 0.1) is 18.2 Å². The summed E-state index contributed by atoms with van der Waals surface area (Å²) >= 11 is 1.65. The molecule has 1 aliphatic carbocycles. The van der Waals surface area contributed by atoms with Crippen LogP contribution >= 0.6 is 11.3 Å². The first kappa shape index (κ1) is 17.7. The van der Waals surface area contributed by atoms with Crippen molar-refractivity contribution in [1.29, 1.82) is 0 Å². The summed E-state index contributed by atoms with van der Waals surface area (Å²) in [5.41, 5.74) is 3.92. The summed E-state index contributed by atoms with van der Waals surface area (Å²) in [6.07, 6.45) is 7.24. The number of ether oxygens (including phenoxy) is 2. The lowest BCUT2D eigenvalue weighted by molar-refractivity contribution is 0.172. The zero-order valence-corrected chi connectivity index (χ0v) is 16.5. The number of hydrogen-bond donors (Lipinski definition) is 0. The minimum atomic E-state index is 0.213. The van der Waals surface area contributed by atoms with Crippen molar-refractivity contribution in [2.75, 3.05) is 20.3 Å². The Balaban J connectivity index is 1.73. The van der Waals surface area contributed by atoms with Gasteiger partial charge in [-0.1, -0.05) is 13.8 Å². The summed E-state index contributed by atoms with van der Waals surface area (Å²) in [6.45, 7) is 5.92. The molecule has 1 unspecified atom stereocenters. The number of benzene rings is 1. The van der Waals surface area contributed by atoms with Crippen LogP contribution in [0, 0.1) is 5.92 Å². The van der Waals surface area contributed by atoms with Crippen molar-refractivity contribution >= 4 is 17.6 Å². The average molecular weight is 371 g/mol. The van der Waals surface area contributed by atoms with Gasteiger partial charge in [0, 0.05) is 43.3 Å². The number of aliphatic imine (C=N–C) groups is 1. The van der Waals surface area contributed by atoms with E-state index in [2.05, 4.69) is 37.2 Å². The highest BCUT2D eigenvalue weighted by atomic mass is 32.1. The maximum absolute atomic E-state index is 6.19. The van der Waals surface area contributed by atoms with Crippen LogP contribution in [-0.2, 0) is 10.2 Å². The van der Waals surface area contributed by atoms with E-state index in [1.54, 1.807) is 18.4 Å². The van der Waals surface area contributed by atoms with Gasteiger partial charge in [-0.05, 0) is 42.0 Å². The maximum Gasteiger partial charge on any atom is 0.129 e. The van der Waals surface area contributed by atoms with Gasteiger partial charge in [0.2, 0.25) is 0 Å². The van der Waals surface area contributed by atoms with Crippen molar-refractivity contribution in [2.45, 2.75) is 44.6 Å². The molecule has 1 aromatic carbocycles. The Morgan fingerprint density at radius 2 is 2.12 bits per heavy atom. The highest BCUT2D eigenvalue weighted by Gasteiger charge is 2.54. The van der Waals surface area contributed by atoms with E-state index in [4.69, 9.17) is 14.5 Å². The zero-order chi connectivity index (χ0) is 18.1. The number of fused-ring (bicyclic) bond motifs is 2. The van der Waals surface area contributed by atoms with Gasteiger partial charge in [0.25, 0.3) is 0 Å². The second-order valence-corrected chi connectivity index (χ2v) is 8.49. The molecule has 1 aliphatic heterocycles. The summed E-state index contributed by atoms with van der Waals surface area (Å²) in [6, 6.07) is 4.87. The first-order chi connectivity index (χ1) is 12.7. The summed E-state index contributed by atoms with van der Waals surface area (Å²) in [7, 11) is 1.72. The third-order valence-electron chi connectivity index (χ3n) is 5.46. The van der Waals surface area contributed by atoms with E-state index in [1.165, 1.54) is 24.0 Å². The predicted molar refractivity (Wildman–Crippen MR) is 107 cm³/mol. The van der Waals surface area contributed by atoms with E-state index in [-0.39, 0.29) is 5.41 Å². The van der Waals surface area contributed by atoms with Crippen LogP contribution < -0.4 is 4.74 Å². The first-order valence-electron chi connectivity index (χ1n) is 9.39. The van der Waals surface area contributed by atoms with Crippen molar-refractivity contribution in [1.82, 2.24) is 4.98 Å². The van der Waals surface area contributed by atoms with Crippen molar-refractivity contribution < 1.29 is 9.47 Å². The number of thiazole rings is 1. The molecule has 1 aromatic heterocycles. The Kier molecular flexibility index (Phi) is 4.84. The molecule has 2 aliphatic rings. The van der Waals surface area contributed by atoms with Crippen LogP contribution in [0.15, 0.2) is 28.7 Å². The minimum absolute atomic E-state index is 0.213. The Bertz CT molecular complexity index is 795. The molecule has 0 bridgehead atoms. The molecule has 0 radical (unpaired) electrons. The highest BCUT2D eigenvalue weighted by molar-refractivity contribution is 7.13. The van der Waals surface area contributed by atoms with E-state index >= 15 is 0 Å². The van der Waals surface area contributed by atoms with Crippen LogP contribution in [0.2, 0.25) is 0 Å². The van der Waals surface area contributed by atoms with Crippen molar-refractivity contribution in [2.24, 2.45) is 10.9 Å². The average Bonchev–Trinajstić information content (AvgIpc) is 3.21. The topological polar surface area (TPSA) is 43.7 Å². The van der Waals surface area contributed by atoms with E-state index in [1.807, 2.05) is 11.6 Å². The lowest BCUT2D eigenvalue weighted by Crippen LogP contribution is -2.33. The van der Waals surface area contributed by atoms with Gasteiger partial charge in [-0.15, -0.1) is 11.3 Å². The fraction of sp³-hybridized carbons (Fsp3) is 0.524. The molecule has 138 valence electrons. The molecule has 1 atom stereocenters. The van der Waals surface area contributed by atoms with Gasteiger partial charge in [0.1, 0.15) is 10.8 Å². The lowest BCUT2D eigenvalue weighted by Gasteiger charge is -2.32. The van der Waals surface area contributed by atoms with E-state index < -0.39 is 0 Å². The number of nitrogens with zero attached hydrogens (tertiary/aromatic N) is 2. The van der Waals surface area contributed by atoms with Crippen molar-refractivity contribution in [3.05, 3.63) is 34.8 Å². The van der Waals surface area contributed by atoms with Crippen LogP contribution in [0.25, 0.3) is 10.6 Å². The summed E-state index contributed by atoms with van der Waals surface area (Å²) in [5.74, 6) is 1.49. The van der Waals surface area contributed by atoms with Gasteiger partial charge >= 0.3 is 0 Å². The van der Waals surface area contributed by atoms with E-state index in [0.29, 0.717) is 25.2 Å². The molecule has 0 amide bonds. The molecule has 1 saturated carbocycles. The number of rotatable bonds is 7. The van der Waals surface area contributed by atoms with E-state index in [9.17, 15) is 0 Å². The van der Waals surface area contributed by atoms with Crippen LogP contribution in [0.5, 0.6) is 5.75 Å². The highest BCUT2D eigenvalue weighted by Crippen LogP contribution is 2.57. The molecule has 26 heavy (non-hydrogen) atoms. The predicted octanol–water partition coefficient (Wildman–Crippen LogP) is 4.71. The van der Waals surface area contributed by atoms with Gasteiger partial charge in [-0.3, -0.25) is 4.99 Å². The third-order valence-corrected chi connectivity index (χ3v) is 6.27. The van der Waals surface area contributed by atoms with Gasteiger partial charge < -0.3 is 9.47 Å². The quantitative estimate of drug-likeness (QED) is 0.663. The molecule has 1 spiro atoms. The molecular formula is C21H26N2O2S. The smallest absolute Gasteiger partial charge is 0.129 e. The lowest BCUT2D eigenvalue weighted by atomic mass is 9.78.